The number of hydrogen-bond acceptors (Lipinski definition) is 4. The molecule has 1 heterocycles. The van der Waals surface area contributed by atoms with Crippen LogP contribution in [0.3, 0.4) is 0 Å². The standard InChI is InChI=1S/C13H13FN4S/c1-2-18(10-5-3-9(14)4-6-10)12-8-16-11(7-17-12)13(15)19/h3-8H,2H2,1H3,(H2,15,19). The Bertz CT molecular complexity index is 568. The average Bonchev–Trinajstić information content (AvgIpc) is 2.42. The molecule has 4 nitrogen and oxygen atoms in total. The van der Waals surface area contributed by atoms with Gasteiger partial charge < -0.3 is 10.6 Å². The summed E-state index contributed by atoms with van der Waals surface area (Å²) in [5, 5.41) is 0. The molecular weight excluding hydrogens is 263 g/mol. The van der Waals surface area contributed by atoms with Crippen molar-refractivity contribution < 1.29 is 4.39 Å². The molecule has 2 rings (SSSR count). The molecule has 0 aliphatic heterocycles. The molecule has 2 aromatic rings. The fourth-order valence-electron chi connectivity index (χ4n) is 1.69. The highest BCUT2D eigenvalue weighted by molar-refractivity contribution is 7.80. The van der Waals surface area contributed by atoms with Gasteiger partial charge in [0.15, 0.2) is 5.82 Å². The van der Waals surface area contributed by atoms with E-state index >= 15 is 0 Å². The third-order valence-electron chi connectivity index (χ3n) is 2.62. The second kappa shape index (κ2) is 5.71. The normalized spacial score (nSPS) is 10.2. The first-order chi connectivity index (χ1) is 9.11. The first-order valence-electron chi connectivity index (χ1n) is 5.76. The molecule has 0 bridgehead atoms. The van der Waals surface area contributed by atoms with Crippen molar-refractivity contribution in [1.82, 2.24) is 9.97 Å². The molecule has 1 aromatic heterocycles. The fourth-order valence-corrected chi connectivity index (χ4v) is 1.79. The lowest BCUT2D eigenvalue weighted by atomic mass is 10.3. The van der Waals surface area contributed by atoms with Gasteiger partial charge in [0.05, 0.1) is 12.4 Å². The number of thiocarbonyl (C=S) groups is 1. The van der Waals surface area contributed by atoms with Gasteiger partial charge in [-0.05, 0) is 31.2 Å². The van der Waals surface area contributed by atoms with Crippen molar-refractivity contribution in [2.45, 2.75) is 6.92 Å². The van der Waals surface area contributed by atoms with E-state index in [1.165, 1.54) is 18.3 Å². The summed E-state index contributed by atoms with van der Waals surface area (Å²) in [5.41, 5.74) is 6.80. The number of hydrogen-bond donors (Lipinski definition) is 1. The number of aromatic nitrogens is 2. The van der Waals surface area contributed by atoms with Gasteiger partial charge in [0.25, 0.3) is 0 Å². The predicted octanol–water partition coefficient (Wildman–Crippen LogP) is 2.41. The van der Waals surface area contributed by atoms with Crippen LogP contribution in [0.4, 0.5) is 15.9 Å². The number of rotatable bonds is 4. The molecule has 6 heteroatoms. The van der Waals surface area contributed by atoms with Crippen LogP contribution in [0.15, 0.2) is 36.7 Å². The summed E-state index contributed by atoms with van der Waals surface area (Å²) in [5.74, 6) is 0.392. The van der Waals surface area contributed by atoms with Gasteiger partial charge in [-0.2, -0.15) is 0 Å². The van der Waals surface area contributed by atoms with Crippen molar-refractivity contribution in [3.05, 3.63) is 48.2 Å². The second-order valence-corrected chi connectivity index (χ2v) is 4.28. The molecule has 0 saturated carbocycles. The SMILES string of the molecule is CCN(c1ccc(F)cc1)c1cnc(C(N)=S)cn1. The average molecular weight is 276 g/mol. The third-order valence-corrected chi connectivity index (χ3v) is 2.83. The van der Waals surface area contributed by atoms with Crippen LogP contribution < -0.4 is 10.6 Å². The quantitative estimate of drug-likeness (QED) is 0.869. The number of benzene rings is 1. The van der Waals surface area contributed by atoms with Crippen LogP contribution in [0.2, 0.25) is 0 Å². The van der Waals surface area contributed by atoms with E-state index < -0.39 is 0 Å². The summed E-state index contributed by atoms with van der Waals surface area (Å²) >= 11 is 4.83. The molecule has 0 atom stereocenters. The summed E-state index contributed by atoms with van der Waals surface area (Å²) in [6.07, 6.45) is 3.13. The summed E-state index contributed by atoms with van der Waals surface area (Å²) in [4.78, 5) is 10.5. The van der Waals surface area contributed by atoms with Crippen molar-refractivity contribution in [2.75, 3.05) is 11.4 Å². The van der Waals surface area contributed by atoms with Gasteiger partial charge in [-0.15, -0.1) is 0 Å². The Balaban J connectivity index is 2.31. The first-order valence-corrected chi connectivity index (χ1v) is 6.17. The minimum Gasteiger partial charge on any atom is -0.388 e. The maximum atomic E-state index is 12.9. The highest BCUT2D eigenvalue weighted by Crippen LogP contribution is 2.22. The molecule has 98 valence electrons. The van der Waals surface area contributed by atoms with Gasteiger partial charge in [-0.1, -0.05) is 12.2 Å². The maximum absolute atomic E-state index is 12.9. The van der Waals surface area contributed by atoms with E-state index in [1.54, 1.807) is 18.3 Å². The molecule has 0 radical (unpaired) electrons. The first kappa shape index (κ1) is 13.4. The van der Waals surface area contributed by atoms with Crippen LogP contribution >= 0.6 is 12.2 Å². The predicted molar refractivity (Wildman–Crippen MR) is 77.0 cm³/mol. The number of nitrogens with zero attached hydrogens (tertiary/aromatic N) is 3. The maximum Gasteiger partial charge on any atom is 0.151 e. The Morgan fingerprint density at radius 2 is 1.95 bits per heavy atom. The van der Waals surface area contributed by atoms with Crippen LogP contribution in [0.25, 0.3) is 0 Å². The van der Waals surface area contributed by atoms with Crippen LogP contribution in [0.1, 0.15) is 12.6 Å². The van der Waals surface area contributed by atoms with Gasteiger partial charge in [0.1, 0.15) is 16.5 Å². The van der Waals surface area contributed by atoms with Crippen LogP contribution in [-0.2, 0) is 0 Å². The Morgan fingerprint density at radius 3 is 2.42 bits per heavy atom. The van der Waals surface area contributed by atoms with E-state index in [2.05, 4.69) is 9.97 Å². The van der Waals surface area contributed by atoms with E-state index in [9.17, 15) is 4.39 Å². The van der Waals surface area contributed by atoms with E-state index in [4.69, 9.17) is 18.0 Å². The van der Waals surface area contributed by atoms with Crippen molar-refractivity contribution in [3.8, 4) is 0 Å². The lowest BCUT2D eigenvalue weighted by Crippen LogP contribution is -2.19. The van der Waals surface area contributed by atoms with Crippen molar-refractivity contribution >= 4 is 28.7 Å². The van der Waals surface area contributed by atoms with Gasteiger partial charge in [0, 0.05) is 12.2 Å². The van der Waals surface area contributed by atoms with Crippen LogP contribution in [0.5, 0.6) is 0 Å². The molecule has 0 fully saturated rings. The molecule has 2 N–H and O–H groups in total. The molecular formula is C13H13FN4S. The topological polar surface area (TPSA) is 55.0 Å². The Labute approximate surface area is 116 Å². The van der Waals surface area contributed by atoms with Gasteiger partial charge in [-0.25, -0.2) is 14.4 Å². The molecule has 19 heavy (non-hydrogen) atoms. The van der Waals surface area contributed by atoms with Gasteiger partial charge in [-0.3, -0.25) is 0 Å². The van der Waals surface area contributed by atoms with E-state index in [-0.39, 0.29) is 10.8 Å². The molecule has 0 spiro atoms. The Morgan fingerprint density at radius 1 is 1.26 bits per heavy atom. The molecule has 0 amide bonds. The lowest BCUT2D eigenvalue weighted by molar-refractivity contribution is 0.628. The summed E-state index contributed by atoms with van der Waals surface area (Å²) in [6.45, 7) is 2.67. The van der Waals surface area contributed by atoms with Crippen LogP contribution in [-0.4, -0.2) is 21.5 Å². The zero-order valence-corrected chi connectivity index (χ0v) is 11.2. The molecule has 0 aliphatic carbocycles. The largest absolute Gasteiger partial charge is 0.388 e. The summed E-state index contributed by atoms with van der Waals surface area (Å²) in [6, 6.07) is 6.22. The van der Waals surface area contributed by atoms with Crippen molar-refractivity contribution in [2.24, 2.45) is 5.73 Å². The number of anilines is 2. The monoisotopic (exact) mass is 276 g/mol. The zero-order valence-electron chi connectivity index (χ0n) is 10.4. The minimum atomic E-state index is -0.269. The summed E-state index contributed by atoms with van der Waals surface area (Å²) < 4.78 is 12.9. The summed E-state index contributed by atoms with van der Waals surface area (Å²) in [7, 11) is 0. The Hall–Kier alpha value is -2.08. The lowest BCUT2D eigenvalue weighted by Gasteiger charge is -2.21. The second-order valence-electron chi connectivity index (χ2n) is 3.84. The molecule has 0 aliphatic rings. The van der Waals surface area contributed by atoms with E-state index in [0.29, 0.717) is 18.1 Å². The minimum absolute atomic E-state index is 0.212. The third kappa shape index (κ3) is 3.03. The highest BCUT2D eigenvalue weighted by atomic mass is 32.1. The van der Waals surface area contributed by atoms with E-state index in [0.717, 1.165) is 5.69 Å². The fraction of sp³-hybridized carbons (Fsp3) is 0.154. The molecule has 0 saturated heterocycles. The number of halogens is 1. The molecule has 1 aromatic carbocycles. The van der Waals surface area contributed by atoms with Crippen molar-refractivity contribution in [3.63, 3.8) is 0 Å². The highest BCUT2D eigenvalue weighted by Gasteiger charge is 2.09. The Kier molecular flexibility index (Phi) is 4.01. The van der Waals surface area contributed by atoms with Gasteiger partial charge in [0.2, 0.25) is 0 Å². The smallest absolute Gasteiger partial charge is 0.151 e. The van der Waals surface area contributed by atoms with Gasteiger partial charge >= 0.3 is 0 Å². The van der Waals surface area contributed by atoms with Crippen LogP contribution in [0, 0.1) is 5.82 Å². The van der Waals surface area contributed by atoms with Crippen molar-refractivity contribution in [1.29, 1.82) is 0 Å². The molecule has 0 unspecified atom stereocenters. The zero-order chi connectivity index (χ0) is 13.8. The number of nitrogens with two attached hydrogens (primary N) is 1. The van der Waals surface area contributed by atoms with E-state index in [1.807, 2.05) is 11.8 Å².